The Bertz CT molecular complexity index is 88.4. The first-order chi connectivity index (χ1) is 3.65. The predicted molar refractivity (Wildman–Crippen MR) is 29.5 cm³/mol. The summed E-state index contributed by atoms with van der Waals surface area (Å²) in [6, 6.07) is 0. The van der Waals surface area contributed by atoms with Gasteiger partial charge in [-0.2, -0.15) is 0 Å². The van der Waals surface area contributed by atoms with E-state index in [0.717, 1.165) is 0 Å². The van der Waals surface area contributed by atoms with E-state index in [9.17, 15) is 5.11 Å². The van der Waals surface area contributed by atoms with Crippen LogP contribution in [0, 0.1) is 0 Å². The highest BCUT2D eigenvalue weighted by Gasteiger charge is 2.38. The zero-order chi connectivity index (χ0) is 6.20. The first-order valence-electron chi connectivity index (χ1n) is 2.76. The lowest BCUT2D eigenvalue weighted by molar-refractivity contribution is -0.0985. The van der Waals surface area contributed by atoms with Crippen LogP contribution in [0.4, 0.5) is 0 Å². The van der Waals surface area contributed by atoms with E-state index in [-0.39, 0.29) is 0 Å². The fourth-order valence-electron chi connectivity index (χ4n) is 0.677. The summed E-state index contributed by atoms with van der Waals surface area (Å²) < 4.78 is 0. The Labute approximate surface area is 48.3 Å². The van der Waals surface area contributed by atoms with Crippen molar-refractivity contribution in [2.24, 2.45) is 0 Å². The SMILES string of the molecule is CC(O)C1(O)CNC1. The summed E-state index contributed by atoms with van der Waals surface area (Å²) >= 11 is 0. The summed E-state index contributed by atoms with van der Waals surface area (Å²) in [5, 5.41) is 20.9. The van der Waals surface area contributed by atoms with E-state index in [2.05, 4.69) is 5.32 Å². The lowest BCUT2D eigenvalue weighted by atomic mass is 9.92. The molecule has 0 aliphatic carbocycles. The summed E-state index contributed by atoms with van der Waals surface area (Å²) in [5.74, 6) is 0. The Balaban J connectivity index is 2.41. The number of rotatable bonds is 1. The zero-order valence-electron chi connectivity index (χ0n) is 4.89. The van der Waals surface area contributed by atoms with Gasteiger partial charge in [-0.05, 0) is 6.92 Å². The van der Waals surface area contributed by atoms with Gasteiger partial charge in [0.15, 0.2) is 0 Å². The molecular formula is C5H11NO2. The van der Waals surface area contributed by atoms with Crippen molar-refractivity contribution in [3.63, 3.8) is 0 Å². The van der Waals surface area contributed by atoms with Gasteiger partial charge in [0.05, 0.1) is 6.10 Å². The standard InChI is InChI=1S/C5H11NO2/c1-4(7)5(8)2-6-3-5/h4,6-8H,2-3H2,1H3. The molecule has 3 N–H and O–H groups in total. The Kier molecular flexibility index (Phi) is 1.27. The van der Waals surface area contributed by atoms with E-state index in [1.165, 1.54) is 0 Å². The van der Waals surface area contributed by atoms with Gasteiger partial charge in [-0.1, -0.05) is 0 Å². The molecule has 0 aromatic heterocycles. The van der Waals surface area contributed by atoms with Gasteiger partial charge in [-0.15, -0.1) is 0 Å². The third-order valence-corrected chi connectivity index (χ3v) is 1.64. The largest absolute Gasteiger partial charge is 0.390 e. The maximum absolute atomic E-state index is 9.17. The second kappa shape index (κ2) is 1.69. The molecule has 8 heavy (non-hydrogen) atoms. The Morgan fingerprint density at radius 3 is 2.12 bits per heavy atom. The molecule has 1 unspecified atom stereocenters. The van der Waals surface area contributed by atoms with Gasteiger partial charge in [0, 0.05) is 13.1 Å². The molecule has 0 aromatic rings. The van der Waals surface area contributed by atoms with Crippen LogP contribution in [0.2, 0.25) is 0 Å². The molecular weight excluding hydrogens is 106 g/mol. The van der Waals surface area contributed by atoms with Gasteiger partial charge in [0.1, 0.15) is 5.60 Å². The molecule has 0 saturated carbocycles. The van der Waals surface area contributed by atoms with Crippen LogP contribution >= 0.6 is 0 Å². The monoisotopic (exact) mass is 117 g/mol. The van der Waals surface area contributed by atoms with Gasteiger partial charge in [-0.3, -0.25) is 0 Å². The highest BCUT2D eigenvalue weighted by Crippen LogP contribution is 2.14. The molecule has 1 fully saturated rings. The minimum atomic E-state index is -0.833. The van der Waals surface area contributed by atoms with Gasteiger partial charge in [-0.25, -0.2) is 0 Å². The van der Waals surface area contributed by atoms with E-state index in [1.807, 2.05) is 0 Å². The molecule has 3 heteroatoms. The van der Waals surface area contributed by atoms with Crippen molar-refractivity contribution < 1.29 is 10.2 Å². The molecule has 0 amide bonds. The van der Waals surface area contributed by atoms with Crippen molar-refractivity contribution in [3.05, 3.63) is 0 Å². The molecule has 0 aromatic carbocycles. The van der Waals surface area contributed by atoms with E-state index >= 15 is 0 Å². The third-order valence-electron chi connectivity index (χ3n) is 1.64. The summed E-state index contributed by atoms with van der Waals surface area (Å²) in [6.07, 6.45) is -0.608. The Morgan fingerprint density at radius 1 is 1.62 bits per heavy atom. The average molecular weight is 117 g/mol. The number of hydrogen-bond acceptors (Lipinski definition) is 3. The number of aliphatic hydroxyl groups excluding tert-OH is 1. The lowest BCUT2D eigenvalue weighted by Gasteiger charge is -2.39. The minimum Gasteiger partial charge on any atom is -0.390 e. The molecule has 1 rings (SSSR count). The second-order valence-electron chi connectivity index (χ2n) is 2.38. The van der Waals surface area contributed by atoms with Crippen molar-refractivity contribution in [3.8, 4) is 0 Å². The fraction of sp³-hybridized carbons (Fsp3) is 1.00. The molecule has 0 radical (unpaired) electrons. The van der Waals surface area contributed by atoms with Crippen LogP contribution < -0.4 is 5.32 Å². The molecule has 0 bridgehead atoms. The molecule has 0 spiro atoms. The van der Waals surface area contributed by atoms with Gasteiger partial charge in [0.25, 0.3) is 0 Å². The topological polar surface area (TPSA) is 52.5 Å². The molecule has 1 aliphatic heterocycles. The zero-order valence-corrected chi connectivity index (χ0v) is 4.89. The van der Waals surface area contributed by atoms with Crippen LogP contribution in [0.5, 0.6) is 0 Å². The molecule has 1 saturated heterocycles. The average Bonchev–Trinajstić information content (AvgIpc) is 1.60. The van der Waals surface area contributed by atoms with Crippen molar-refractivity contribution in [2.75, 3.05) is 13.1 Å². The molecule has 1 heterocycles. The summed E-state index contributed by atoms with van der Waals surface area (Å²) in [7, 11) is 0. The number of hydrogen-bond donors (Lipinski definition) is 3. The highest BCUT2D eigenvalue weighted by molar-refractivity contribution is 4.96. The van der Waals surface area contributed by atoms with Crippen LogP contribution in [0.1, 0.15) is 6.92 Å². The molecule has 1 atom stereocenters. The predicted octanol–water partition coefficient (Wildman–Crippen LogP) is -1.30. The van der Waals surface area contributed by atoms with E-state index < -0.39 is 11.7 Å². The van der Waals surface area contributed by atoms with Crippen molar-refractivity contribution >= 4 is 0 Å². The van der Waals surface area contributed by atoms with Crippen molar-refractivity contribution in [2.45, 2.75) is 18.6 Å². The van der Waals surface area contributed by atoms with Crippen molar-refractivity contribution in [1.82, 2.24) is 5.32 Å². The second-order valence-corrected chi connectivity index (χ2v) is 2.38. The highest BCUT2D eigenvalue weighted by atomic mass is 16.3. The smallest absolute Gasteiger partial charge is 0.115 e. The number of β-amino-alcohol motifs (C(OH)–C–C–N with tert-alkyl or cyclic N) is 1. The molecule has 1 aliphatic rings. The normalized spacial score (nSPS) is 28.9. The van der Waals surface area contributed by atoms with E-state index in [1.54, 1.807) is 6.92 Å². The summed E-state index contributed by atoms with van der Waals surface area (Å²) in [5.41, 5.74) is -0.833. The number of nitrogens with one attached hydrogen (secondary N) is 1. The van der Waals surface area contributed by atoms with Gasteiger partial charge in [0.2, 0.25) is 0 Å². The first kappa shape index (κ1) is 6.01. The first-order valence-corrected chi connectivity index (χ1v) is 2.76. The minimum absolute atomic E-state index is 0.519. The molecule has 3 nitrogen and oxygen atoms in total. The fourth-order valence-corrected chi connectivity index (χ4v) is 0.677. The van der Waals surface area contributed by atoms with Crippen LogP contribution in [-0.4, -0.2) is 35.0 Å². The Hall–Kier alpha value is -0.120. The quantitative estimate of drug-likeness (QED) is 0.400. The molecule has 48 valence electrons. The summed E-state index contributed by atoms with van der Waals surface area (Å²) in [4.78, 5) is 0. The van der Waals surface area contributed by atoms with Crippen molar-refractivity contribution in [1.29, 1.82) is 0 Å². The third kappa shape index (κ3) is 0.727. The van der Waals surface area contributed by atoms with Crippen LogP contribution in [0.3, 0.4) is 0 Å². The van der Waals surface area contributed by atoms with Crippen LogP contribution in [-0.2, 0) is 0 Å². The van der Waals surface area contributed by atoms with Crippen LogP contribution in [0.15, 0.2) is 0 Å². The van der Waals surface area contributed by atoms with E-state index in [4.69, 9.17) is 5.11 Å². The maximum Gasteiger partial charge on any atom is 0.115 e. The van der Waals surface area contributed by atoms with E-state index in [0.29, 0.717) is 13.1 Å². The Morgan fingerprint density at radius 2 is 2.12 bits per heavy atom. The summed E-state index contributed by atoms with van der Waals surface area (Å²) in [6.45, 7) is 2.64. The lowest BCUT2D eigenvalue weighted by Crippen LogP contribution is -2.65. The van der Waals surface area contributed by atoms with Gasteiger partial charge >= 0.3 is 0 Å². The van der Waals surface area contributed by atoms with Gasteiger partial charge < -0.3 is 15.5 Å². The number of aliphatic hydroxyl groups is 2. The van der Waals surface area contributed by atoms with Crippen LogP contribution in [0.25, 0.3) is 0 Å². The maximum atomic E-state index is 9.17.